The van der Waals surface area contributed by atoms with Crippen LogP contribution in [0.4, 0.5) is 0 Å². The molecule has 2 aromatic carbocycles. The fourth-order valence-corrected chi connectivity index (χ4v) is 4.21. The highest BCUT2D eigenvalue weighted by Gasteiger charge is 2.15. The second-order valence-corrected chi connectivity index (χ2v) is 9.03. The molecule has 198 valence electrons. The number of hydrogen-bond acceptors (Lipinski definition) is 7. The molecule has 0 saturated carbocycles. The van der Waals surface area contributed by atoms with Crippen molar-refractivity contribution in [2.45, 2.75) is 39.8 Å². The number of aromatic nitrogens is 4. The summed E-state index contributed by atoms with van der Waals surface area (Å²) in [6.45, 7) is 4.84. The number of hydrogen-bond donors (Lipinski definition) is 0. The molecule has 0 aliphatic heterocycles. The summed E-state index contributed by atoms with van der Waals surface area (Å²) in [5.41, 5.74) is 5.37. The number of esters is 1. The molecule has 0 spiro atoms. The van der Waals surface area contributed by atoms with Gasteiger partial charge in [0, 0.05) is 23.7 Å². The number of oxazole rings is 1. The van der Waals surface area contributed by atoms with E-state index in [-0.39, 0.29) is 12.6 Å². The highest BCUT2D eigenvalue weighted by Crippen LogP contribution is 2.25. The minimum atomic E-state index is -0.210. The van der Waals surface area contributed by atoms with Crippen molar-refractivity contribution in [3.63, 3.8) is 0 Å². The molecule has 0 unspecified atom stereocenters. The summed E-state index contributed by atoms with van der Waals surface area (Å²) >= 11 is 0. The van der Waals surface area contributed by atoms with E-state index in [0.29, 0.717) is 37.6 Å². The monoisotopic (exact) mass is 522 g/mol. The summed E-state index contributed by atoms with van der Waals surface area (Å²) in [7, 11) is 0. The van der Waals surface area contributed by atoms with Crippen LogP contribution in [0.3, 0.4) is 0 Å². The number of benzene rings is 2. The molecule has 0 fully saturated rings. The first-order valence-corrected chi connectivity index (χ1v) is 13.0. The summed E-state index contributed by atoms with van der Waals surface area (Å²) < 4.78 is 18.7. The Kier molecular flexibility index (Phi) is 8.12. The van der Waals surface area contributed by atoms with E-state index in [1.165, 1.54) is 0 Å². The van der Waals surface area contributed by atoms with E-state index in [0.717, 1.165) is 39.5 Å². The van der Waals surface area contributed by atoms with Crippen molar-refractivity contribution in [2.24, 2.45) is 0 Å². The van der Waals surface area contributed by atoms with Gasteiger partial charge in [-0.05, 0) is 50.1 Å². The summed E-state index contributed by atoms with van der Waals surface area (Å²) in [6, 6.07) is 23.6. The molecule has 0 bridgehead atoms. The molecule has 0 atom stereocenters. The van der Waals surface area contributed by atoms with Crippen LogP contribution in [0.15, 0.2) is 89.6 Å². The number of pyridine rings is 1. The number of rotatable bonds is 11. The Bertz CT molecular complexity index is 1510. The Morgan fingerprint density at radius 1 is 0.974 bits per heavy atom. The Labute approximate surface area is 227 Å². The predicted molar refractivity (Wildman–Crippen MR) is 147 cm³/mol. The van der Waals surface area contributed by atoms with Crippen LogP contribution in [0.25, 0.3) is 22.7 Å². The van der Waals surface area contributed by atoms with Crippen LogP contribution in [-0.4, -0.2) is 32.3 Å². The quantitative estimate of drug-likeness (QED) is 0.196. The molecule has 0 aliphatic rings. The van der Waals surface area contributed by atoms with E-state index >= 15 is 0 Å². The maximum Gasteiger partial charge on any atom is 0.306 e. The largest absolute Gasteiger partial charge is 0.486 e. The van der Waals surface area contributed by atoms with Crippen LogP contribution in [0.1, 0.15) is 36.1 Å². The van der Waals surface area contributed by atoms with Gasteiger partial charge in [0.15, 0.2) is 0 Å². The van der Waals surface area contributed by atoms with Crippen molar-refractivity contribution < 1.29 is 18.7 Å². The standard InChI is InChI=1S/C31H30N4O4/c1-3-37-29(36)17-14-25-19-35(34-30(25)23-10-6-4-7-11-23)20-26-15-16-27(18-32-26)38-21-28-22(2)39-31(33-28)24-12-8-5-9-13-24/h4-13,15-16,18-19H,3,14,17,20-21H2,1-2H3. The molecule has 0 aliphatic carbocycles. The zero-order chi connectivity index (χ0) is 27.0. The Morgan fingerprint density at radius 3 is 2.41 bits per heavy atom. The van der Waals surface area contributed by atoms with Crippen LogP contribution < -0.4 is 4.74 Å². The lowest BCUT2D eigenvalue weighted by Gasteiger charge is -2.06. The lowest BCUT2D eigenvalue weighted by Crippen LogP contribution is -2.05. The van der Waals surface area contributed by atoms with Gasteiger partial charge in [-0.25, -0.2) is 4.98 Å². The third-order valence-electron chi connectivity index (χ3n) is 6.20. The lowest BCUT2D eigenvalue weighted by atomic mass is 10.0. The number of aryl methyl sites for hydroxylation is 2. The molecule has 8 nitrogen and oxygen atoms in total. The van der Waals surface area contributed by atoms with E-state index in [9.17, 15) is 4.79 Å². The van der Waals surface area contributed by atoms with Gasteiger partial charge in [0.1, 0.15) is 23.8 Å². The number of ether oxygens (including phenoxy) is 2. The van der Waals surface area contributed by atoms with Gasteiger partial charge in [-0.3, -0.25) is 14.5 Å². The molecule has 8 heteroatoms. The first-order chi connectivity index (χ1) is 19.1. The first-order valence-electron chi connectivity index (χ1n) is 13.0. The van der Waals surface area contributed by atoms with E-state index in [4.69, 9.17) is 19.0 Å². The van der Waals surface area contributed by atoms with Gasteiger partial charge in [-0.15, -0.1) is 0 Å². The minimum Gasteiger partial charge on any atom is -0.486 e. The van der Waals surface area contributed by atoms with Crippen LogP contribution in [-0.2, 0) is 29.1 Å². The SMILES string of the molecule is CCOC(=O)CCc1cn(Cc2ccc(OCc3nc(-c4ccccc4)oc3C)cn2)nc1-c1ccccc1. The van der Waals surface area contributed by atoms with Crippen LogP contribution >= 0.6 is 0 Å². The van der Waals surface area contributed by atoms with Gasteiger partial charge < -0.3 is 13.9 Å². The molecular formula is C31H30N4O4. The van der Waals surface area contributed by atoms with Gasteiger partial charge in [0.05, 0.1) is 30.7 Å². The van der Waals surface area contributed by atoms with Crippen molar-refractivity contribution in [3.05, 3.63) is 108 Å². The van der Waals surface area contributed by atoms with Crippen LogP contribution in [0, 0.1) is 6.92 Å². The predicted octanol–water partition coefficient (Wildman–Crippen LogP) is 6.03. The molecule has 5 rings (SSSR count). The molecule has 0 N–H and O–H groups in total. The molecule has 0 amide bonds. The van der Waals surface area contributed by atoms with Gasteiger partial charge in [-0.1, -0.05) is 48.5 Å². The van der Waals surface area contributed by atoms with E-state index in [1.807, 2.05) is 97.5 Å². The fraction of sp³-hybridized carbons (Fsp3) is 0.226. The second kappa shape index (κ2) is 12.2. The van der Waals surface area contributed by atoms with Crippen molar-refractivity contribution in [3.8, 4) is 28.5 Å². The van der Waals surface area contributed by atoms with E-state index < -0.39 is 0 Å². The molecule has 0 saturated heterocycles. The van der Waals surface area contributed by atoms with Gasteiger partial charge in [0.25, 0.3) is 0 Å². The van der Waals surface area contributed by atoms with E-state index in [1.54, 1.807) is 6.20 Å². The first kappa shape index (κ1) is 25.9. The van der Waals surface area contributed by atoms with Crippen LogP contribution in [0.5, 0.6) is 5.75 Å². The maximum absolute atomic E-state index is 11.9. The summed E-state index contributed by atoms with van der Waals surface area (Å²) in [5.74, 6) is 1.74. The molecular weight excluding hydrogens is 492 g/mol. The second-order valence-electron chi connectivity index (χ2n) is 9.03. The average molecular weight is 523 g/mol. The highest BCUT2D eigenvalue weighted by molar-refractivity contribution is 5.71. The smallest absolute Gasteiger partial charge is 0.306 e. The van der Waals surface area contributed by atoms with Crippen molar-refractivity contribution >= 4 is 5.97 Å². The number of carbonyl (C=O) groups excluding carboxylic acids is 1. The van der Waals surface area contributed by atoms with E-state index in [2.05, 4.69) is 9.97 Å². The fourth-order valence-electron chi connectivity index (χ4n) is 4.21. The minimum absolute atomic E-state index is 0.210. The Morgan fingerprint density at radius 2 is 1.72 bits per heavy atom. The zero-order valence-corrected chi connectivity index (χ0v) is 22.0. The Hall–Kier alpha value is -4.72. The third kappa shape index (κ3) is 6.59. The maximum atomic E-state index is 11.9. The van der Waals surface area contributed by atoms with Gasteiger partial charge in [-0.2, -0.15) is 5.10 Å². The number of carbonyl (C=O) groups is 1. The molecule has 3 aromatic heterocycles. The third-order valence-corrected chi connectivity index (χ3v) is 6.20. The van der Waals surface area contributed by atoms with Crippen LogP contribution in [0.2, 0.25) is 0 Å². The van der Waals surface area contributed by atoms with Crippen molar-refractivity contribution in [2.75, 3.05) is 6.61 Å². The molecule has 3 heterocycles. The topological polar surface area (TPSA) is 92.3 Å². The molecule has 39 heavy (non-hydrogen) atoms. The molecule has 5 aromatic rings. The number of nitrogens with zero attached hydrogens (tertiary/aromatic N) is 4. The summed E-state index contributed by atoms with van der Waals surface area (Å²) in [5, 5.41) is 4.81. The van der Waals surface area contributed by atoms with Gasteiger partial charge in [0.2, 0.25) is 5.89 Å². The van der Waals surface area contributed by atoms with Crippen molar-refractivity contribution in [1.29, 1.82) is 0 Å². The Balaban J connectivity index is 1.24. The van der Waals surface area contributed by atoms with Gasteiger partial charge >= 0.3 is 5.97 Å². The highest BCUT2D eigenvalue weighted by atomic mass is 16.5. The lowest BCUT2D eigenvalue weighted by molar-refractivity contribution is -0.143. The van der Waals surface area contributed by atoms with Crippen molar-refractivity contribution in [1.82, 2.24) is 19.7 Å². The average Bonchev–Trinajstić information content (AvgIpc) is 3.55. The summed E-state index contributed by atoms with van der Waals surface area (Å²) in [4.78, 5) is 21.1. The zero-order valence-electron chi connectivity index (χ0n) is 22.0. The molecule has 0 radical (unpaired) electrons. The summed E-state index contributed by atoms with van der Waals surface area (Å²) in [6.07, 6.45) is 4.54. The normalized spacial score (nSPS) is 10.9.